The lowest BCUT2D eigenvalue weighted by Gasteiger charge is -2.12. The van der Waals surface area contributed by atoms with Crippen LogP contribution in [0.5, 0.6) is 0 Å². The van der Waals surface area contributed by atoms with Gasteiger partial charge >= 0.3 is 0 Å². The molecule has 102 valence electrons. The molecule has 0 saturated heterocycles. The Morgan fingerprint density at radius 2 is 2.26 bits per heavy atom. The third-order valence-corrected chi connectivity index (χ3v) is 3.92. The molecule has 0 aliphatic heterocycles. The number of hydrogen-bond acceptors (Lipinski definition) is 1. The Morgan fingerprint density at radius 1 is 1.42 bits per heavy atom. The van der Waals surface area contributed by atoms with Gasteiger partial charge in [-0.3, -0.25) is 0 Å². The van der Waals surface area contributed by atoms with Crippen molar-refractivity contribution in [3.05, 3.63) is 35.8 Å². The number of aromatic nitrogens is 1. The van der Waals surface area contributed by atoms with Gasteiger partial charge in [-0.05, 0) is 68.0 Å². The normalized spacial score (nSPS) is 16.9. The fourth-order valence-corrected chi connectivity index (χ4v) is 2.62. The van der Waals surface area contributed by atoms with Crippen molar-refractivity contribution in [2.24, 2.45) is 11.8 Å². The van der Waals surface area contributed by atoms with Crippen LogP contribution >= 0.6 is 0 Å². The fourth-order valence-electron chi connectivity index (χ4n) is 2.62. The molecule has 0 radical (unpaired) electrons. The first-order chi connectivity index (χ1) is 9.22. The average molecular weight is 260 g/mol. The molecule has 1 heterocycles. The monoisotopic (exact) mass is 260 g/mol. The summed E-state index contributed by atoms with van der Waals surface area (Å²) >= 11 is 0. The van der Waals surface area contributed by atoms with Crippen LogP contribution in [0.2, 0.25) is 0 Å². The molecule has 0 bridgehead atoms. The van der Waals surface area contributed by atoms with Gasteiger partial charge in [0.25, 0.3) is 0 Å². The predicted octanol–water partition coefficient (Wildman–Crippen LogP) is 3.49. The number of benzene rings is 1. The van der Waals surface area contributed by atoms with Crippen molar-refractivity contribution in [2.75, 3.05) is 13.1 Å². The van der Waals surface area contributed by atoms with Crippen molar-refractivity contribution in [2.45, 2.75) is 26.2 Å². The van der Waals surface area contributed by atoms with E-state index in [4.69, 9.17) is 0 Å². The lowest BCUT2D eigenvalue weighted by Crippen LogP contribution is -2.24. The van der Waals surface area contributed by atoms with E-state index in [-0.39, 0.29) is 5.82 Å². The SMILES string of the molecule is C[C@@H](CNCC1CC1)Cc1c[nH]c2ccc(F)cc12. The molecule has 0 unspecified atom stereocenters. The van der Waals surface area contributed by atoms with Crippen molar-refractivity contribution in [1.82, 2.24) is 10.3 Å². The summed E-state index contributed by atoms with van der Waals surface area (Å²) in [6.45, 7) is 4.45. The average Bonchev–Trinajstić information content (AvgIpc) is 3.12. The minimum atomic E-state index is -0.159. The van der Waals surface area contributed by atoms with E-state index < -0.39 is 0 Å². The second kappa shape index (κ2) is 5.33. The molecular formula is C16H21FN2. The van der Waals surface area contributed by atoms with E-state index >= 15 is 0 Å². The molecule has 3 heteroatoms. The zero-order chi connectivity index (χ0) is 13.2. The smallest absolute Gasteiger partial charge is 0.123 e. The molecule has 1 atom stereocenters. The van der Waals surface area contributed by atoms with Gasteiger partial charge in [-0.15, -0.1) is 0 Å². The first-order valence-electron chi connectivity index (χ1n) is 7.18. The van der Waals surface area contributed by atoms with Crippen molar-refractivity contribution in [3.63, 3.8) is 0 Å². The molecule has 3 rings (SSSR count). The summed E-state index contributed by atoms with van der Waals surface area (Å²) in [5, 5.41) is 4.56. The van der Waals surface area contributed by atoms with Crippen LogP contribution in [0.1, 0.15) is 25.3 Å². The van der Waals surface area contributed by atoms with Gasteiger partial charge in [0.15, 0.2) is 0 Å². The number of aromatic amines is 1. The largest absolute Gasteiger partial charge is 0.361 e. The molecule has 1 aliphatic carbocycles. The number of nitrogens with one attached hydrogen (secondary N) is 2. The molecule has 0 spiro atoms. The number of hydrogen-bond donors (Lipinski definition) is 2. The molecule has 2 aromatic rings. The number of halogens is 1. The summed E-state index contributed by atoms with van der Waals surface area (Å²) in [4.78, 5) is 3.22. The van der Waals surface area contributed by atoms with Gasteiger partial charge < -0.3 is 10.3 Å². The van der Waals surface area contributed by atoms with Crippen molar-refractivity contribution < 1.29 is 4.39 Å². The highest BCUT2D eigenvalue weighted by Crippen LogP contribution is 2.27. The van der Waals surface area contributed by atoms with E-state index in [1.165, 1.54) is 24.5 Å². The molecule has 2 N–H and O–H groups in total. The van der Waals surface area contributed by atoms with E-state index in [0.29, 0.717) is 5.92 Å². The summed E-state index contributed by atoms with van der Waals surface area (Å²) in [5.74, 6) is 1.34. The van der Waals surface area contributed by atoms with Gasteiger partial charge in [0.1, 0.15) is 5.82 Å². The molecular weight excluding hydrogens is 239 g/mol. The quantitative estimate of drug-likeness (QED) is 0.817. The van der Waals surface area contributed by atoms with Crippen LogP contribution in [0.25, 0.3) is 10.9 Å². The van der Waals surface area contributed by atoms with Crippen LogP contribution in [-0.2, 0) is 6.42 Å². The Kier molecular flexibility index (Phi) is 3.56. The zero-order valence-electron chi connectivity index (χ0n) is 11.4. The third kappa shape index (κ3) is 3.16. The van der Waals surface area contributed by atoms with E-state index in [0.717, 1.165) is 36.3 Å². The minimum absolute atomic E-state index is 0.159. The van der Waals surface area contributed by atoms with Gasteiger partial charge in [-0.2, -0.15) is 0 Å². The summed E-state index contributed by atoms with van der Waals surface area (Å²) < 4.78 is 13.3. The van der Waals surface area contributed by atoms with Gasteiger partial charge in [0, 0.05) is 17.1 Å². The molecule has 1 aromatic heterocycles. The second-order valence-electron chi connectivity index (χ2n) is 5.91. The van der Waals surface area contributed by atoms with Crippen LogP contribution in [-0.4, -0.2) is 18.1 Å². The Hall–Kier alpha value is -1.35. The number of H-pyrrole nitrogens is 1. The summed E-state index contributed by atoms with van der Waals surface area (Å²) in [7, 11) is 0. The van der Waals surface area contributed by atoms with Crippen LogP contribution in [0, 0.1) is 17.7 Å². The number of rotatable bonds is 6. The standard InChI is InChI=1S/C16H21FN2/c1-11(8-18-9-12-2-3-12)6-13-10-19-16-5-4-14(17)7-15(13)16/h4-5,7,10-12,18-19H,2-3,6,8-9H2,1H3/t11-/m1/s1. The van der Waals surface area contributed by atoms with Gasteiger partial charge in [0.05, 0.1) is 0 Å². The second-order valence-corrected chi connectivity index (χ2v) is 5.91. The first-order valence-corrected chi connectivity index (χ1v) is 7.18. The summed E-state index contributed by atoms with van der Waals surface area (Å²) in [6.07, 6.45) is 5.79. The molecule has 2 nitrogen and oxygen atoms in total. The number of fused-ring (bicyclic) bond motifs is 1. The maximum absolute atomic E-state index is 13.3. The van der Waals surface area contributed by atoms with Crippen molar-refractivity contribution in [3.8, 4) is 0 Å². The Labute approximate surface area is 113 Å². The van der Waals surface area contributed by atoms with Crippen molar-refractivity contribution in [1.29, 1.82) is 0 Å². The maximum Gasteiger partial charge on any atom is 0.123 e. The van der Waals surface area contributed by atoms with Gasteiger partial charge in [0.2, 0.25) is 0 Å². The Balaban J connectivity index is 1.61. The molecule has 1 saturated carbocycles. The van der Waals surface area contributed by atoms with Gasteiger partial charge in [-0.25, -0.2) is 4.39 Å². The first kappa shape index (κ1) is 12.7. The van der Waals surface area contributed by atoms with E-state index in [1.54, 1.807) is 6.07 Å². The minimum Gasteiger partial charge on any atom is -0.361 e. The van der Waals surface area contributed by atoms with Gasteiger partial charge in [-0.1, -0.05) is 6.92 Å². The van der Waals surface area contributed by atoms with Crippen LogP contribution in [0.15, 0.2) is 24.4 Å². The highest BCUT2D eigenvalue weighted by atomic mass is 19.1. The third-order valence-electron chi connectivity index (χ3n) is 3.92. The highest BCUT2D eigenvalue weighted by molar-refractivity contribution is 5.83. The summed E-state index contributed by atoms with van der Waals surface area (Å²) in [5.41, 5.74) is 2.24. The predicted molar refractivity (Wildman–Crippen MR) is 76.7 cm³/mol. The van der Waals surface area contributed by atoms with Crippen LogP contribution in [0.4, 0.5) is 4.39 Å². The van der Waals surface area contributed by atoms with Crippen LogP contribution < -0.4 is 5.32 Å². The maximum atomic E-state index is 13.3. The van der Waals surface area contributed by atoms with Crippen molar-refractivity contribution >= 4 is 10.9 Å². The molecule has 1 fully saturated rings. The lowest BCUT2D eigenvalue weighted by molar-refractivity contribution is 0.502. The van der Waals surface area contributed by atoms with E-state index in [9.17, 15) is 4.39 Å². The zero-order valence-corrected chi connectivity index (χ0v) is 11.4. The fraction of sp³-hybridized carbons (Fsp3) is 0.500. The summed E-state index contributed by atoms with van der Waals surface area (Å²) in [6, 6.07) is 4.94. The topological polar surface area (TPSA) is 27.8 Å². The molecule has 0 amide bonds. The molecule has 1 aromatic carbocycles. The lowest BCUT2D eigenvalue weighted by atomic mass is 10.0. The molecule has 1 aliphatic rings. The van der Waals surface area contributed by atoms with E-state index in [2.05, 4.69) is 17.2 Å². The Morgan fingerprint density at radius 3 is 3.05 bits per heavy atom. The Bertz CT molecular complexity index is 557. The molecule has 19 heavy (non-hydrogen) atoms. The van der Waals surface area contributed by atoms with Crippen LogP contribution in [0.3, 0.4) is 0 Å². The van der Waals surface area contributed by atoms with E-state index in [1.807, 2.05) is 12.3 Å². The highest BCUT2D eigenvalue weighted by Gasteiger charge is 2.20.